The fourth-order valence-corrected chi connectivity index (χ4v) is 4.62. The Morgan fingerprint density at radius 3 is 2.59 bits per heavy atom. The summed E-state index contributed by atoms with van der Waals surface area (Å²) < 4.78 is 2.22. The first-order valence-electron chi connectivity index (χ1n) is 9.55. The van der Waals surface area contributed by atoms with Crippen molar-refractivity contribution in [3.05, 3.63) is 82.4 Å². The van der Waals surface area contributed by atoms with Gasteiger partial charge in [0.2, 0.25) is 0 Å². The van der Waals surface area contributed by atoms with Crippen LogP contribution in [-0.4, -0.2) is 37.8 Å². The van der Waals surface area contributed by atoms with Crippen LogP contribution in [0.1, 0.15) is 34.7 Å². The van der Waals surface area contributed by atoms with E-state index >= 15 is 0 Å². The number of aromatic nitrogens is 2. The van der Waals surface area contributed by atoms with Crippen molar-refractivity contribution < 1.29 is 5.11 Å². The summed E-state index contributed by atoms with van der Waals surface area (Å²) in [6.45, 7) is 4.70. The SMILES string of the molecule is Cc1cc([C@H]2[C@@H](c3ccccn3)NC(=S)N2CCO)c(C)n1-c1ccc(Cl)cc1. The Kier molecular flexibility index (Phi) is 5.58. The Morgan fingerprint density at radius 2 is 1.93 bits per heavy atom. The van der Waals surface area contributed by atoms with Gasteiger partial charge in [0, 0.05) is 34.8 Å². The van der Waals surface area contributed by atoms with Gasteiger partial charge < -0.3 is 19.9 Å². The molecule has 1 saturated heterocycles. The number of halogens is 1. The fourth-order valence-electron chi connectivity index (χ4n) is 4.17. The lowest BCUT2D eigenvalue weighted by molar-refractivity contribution is 0.223. The van der Waals surface area contributed by atoms with Crippen molar-refractivity contribution in [1.29, 1.82) is 0 Å². The van der Waals surface area contributed by atoms with Crippen LogP contribution in [0.4, 0.5) is 0 Å². The maximum absolute atomic E-state index is 9.64. The number of β-amino-alcohol motifs (C(OH)–C–C–N with tert-alkyl or cyclic N) is 1. The molecule has 0 radical (unpaired) electrons. The number of nitrogens with zero attached hydrogens (tertiary/aromatic N) is 3. The van der Waals surface area contributed by atoms with Crippen molar-refractivity contribution in [2.24, 2.45) is 0 Å². The Labute approximate surface area is 180 Å². The molecule has 2 N–H and O–H groups in total. The minimum absolute atomic E-state index is 0.0309. The van der Waals surface area contributed by atoms with E-state index in [0.29, 0.717) is 16.7 Å². The van der Waals surface area contributed by atoms with Crippen molar-refractivity contribution in [2.75, 3.05) is 13.2 Å². The summed E-state index contributed by atoms with van der Waals surface area (Å²) in [7, 11) is 0. The Balaban J connectivity index is 1.82. The van der Waals surface area contributed by atoms with Crippen LogP contribution in [0.5, 0.6) is 0 Å². The number of pyridine rings is 1. The van der Waals surface area contributed by atoms with Gasteiger partial charge in [-0.3, -0.25) is 4.98 Å². The molecule has 2 atom stereocenters. The van der Waals surface area contributed by atoms with E-state index in [1.54, 1.807) is 6.20 Å². The van der Waals surface area contributed by atoms with Gasteiger partial charge in [0.1, 0.15) is 0 Å². The van der Waals surface area contributed by atoms with Gasteiger partial charge in [0.25, 0.3) is 0 Å². The predicted octanol–water partition coefficient (Wildman–Crippen LogP) is 4.11. The van der Waals surface area contributed by atoms with Crippen molar-refractivity contribution in [3.8, 4) is 5.69 Å². The minimum Gasteiger partial charge on any atom is -0.395 e. The maximum Gasteiger partial charge on any atom is 0.170 e. The minimum atomic E-state index is -0.0885. The van der Waals surface area contributed by atoms with Gasteiger partial charge in [0.05, 0.1) is 24.4 Å². The highest BCUT2D eigenvalue weighted by Gasteiger charge is 2.41. The molecule has 5 nitrogen and oxygen atoms in total. The Hall–Kier alpha value is -2.41. The Morgan fingerprint density at radius 1 is 1.17 bits per heavy atom. The highest BCUT2D eigenvalue weighted by molar-refractivity contribution is 7.80. The topological polar surface area (TPSA) is 53.3 Å². The molecular formula is C22H23ClN4OS. The van der Waals surface area contributed by atoms with Crippen molar-refractivity contribution >= 4 is 28.9 Å². The van der Waals surface area contributed by atoms with Crippen LogP contribution >= 0.6 is 23.8 Å². The number of rotatable bonds is 5. The molecule has 7 heteroatoms. The first-order valence-corrected chi connectivity index (χ1v) is 10.3. The summed E-state index contributed by atoms with van der Waals surface area (Å²) in [5.74, 6) is 0. The van der Waals surface area contributed by atoms with Crippen LogP contribution in [0.3, 0.4) is 0 Å². The smallest absolute Gasteiger partial charge is 0.170 e. The molecule has 0 aliphatic carbocycles. The number of nitrogens with one attached hydrogen (secondary N) is 1. The van der Waals surface area contributed by atoms with Gasteiger partial charge in [-0.25, -0.2) is 0 Å². The monoisotopic (exact) mass is 426 g/mol. The van der Waals surface area contributed by atoms with Crippen LogP contribution in [0.15, 0.2) is 54.7 Å². The van der Waals surface area contributed by atoms with Crippen LogP contribution < -0.4 is 5.32 Å². The van der Waals surface area contributed by atoms with Gasteiger partial charge in [-0.1, -0.05) is 17.7 Å². The number of aliphatic hydroxyl groups is 1. The van der Waals surface area contributed by atoms with Crippen molar-refractivity contribution in [3.63, 3.8) is 0 Å². The summed E-state index contributed by atoms with van der Waals surface area (Å²) in [6, 6.07) is 15.8. The zero-order valence-electron chi connectivity index (χ0n) is 16.3. The fraction of sp³-hybridized carbons (Fsp3) is 0.273. The molecule has 0 unspecified atom stereocenters. The summed E-state index contributed by atoms with van der Waals surface area (Å²) in [5.41, 5.74) is 5.41. The molecule has 0 amide bonds. The molecule has 0 bridgehead atoms. The first kappa shape index (κ1) is 19.9. The lowest BCUT2D eigenvalue weighted by Gasteiger charge is -2.27. The summed E-state index contributed by atoms with van der Waals surface area (Å²) in [4.78, 5) is 6.62. The zero-order chi connectivity index (χ0) is 20.5. The average Bonchev–Trinajstić information content (AvgIpc) is 3.20. The van der Waals surface area contributed by atoms with Gasteiger partial charge in [-0.2, -0.15) is 0 Å². The van der Waals surface area contributed by atoms with E-state index < -0.39 is 0 Å². The van der Waals surface area contributed by atoms with Gasteiger partial charge >= 0.3 is 0 Å². The van der Waals surface area contributed by atoms with E-state index in [9.17, 15) is 5.11 Å². The summed E-state index contributed by atoms with van der Waals surface area (Å²) in [5, 5.41) is 14.4. The molecule has 2 aromatic heterocycles. The molecule has 1 aliphatic rings. The second-order valence-corrected chi connectivity index (χ2v) is 8.01. The summed E-state index contributed by atoms with van der Waals surface area (Å²) in [6.07, 6.45) is 1.79. The molecule has 0 spiro atoms. The highest BCUT2D eigenvalue weighted by atomic mass is 35.5. The number of benzene rings is 1. The maximum atomic E-state index is 9.64. The molecule has 1 aromatic carbocycles. The second-order valence-electron chi connectivity index (χ2n) is 7.18. The molecule has 1 aliphatic heterocycles. The van der Waals surface area contributed by atoms with Gasteiger partial charge in [-0.15, -0.1) is 0 Å². The number of thiocarbonyl (C=S) groups is 1. The van der Waals surface area contributed by atoms with E-state index in [0.717, 1.165) is 28.3 Å². The molecule has 3 aromatic rings. The molecule has 1 fully saturated rings. The van der Waals surface area contributed by atoms with E-state index in [-0.39, 0.29) is 18.7 Å². The largest absolute Gasteiger partial charge is 0.395 e. The number of hydrogen-bond acceptors (Lipinski definition) is 3. The van der Waals surface area contributed by atoms with Crippen LogP contribution in [0, 0.1) is 13.8 Å². The molecule has 3 heterocycles. The predicted molar refractivity (Wildman–Crippen MR) is 119 cm³/mol. The molecule has 4 rings (SSSR count). The van der Waals surface area contributed by atoms with Crippen LogP contribution in [0.25, 0.3) is 5.69 Å². The lowest BCUT2D eigenvalue weighted by atomic mass is 9.97. The standard InChI is InChI=1S/C22H23ClN4OS/c1-14-13-18(15(2)27(14)17-8-6-16(23)7-9-17)21-20(19-5-3-4-10-24-19)25-22(29)26(21)11-12-28/h3-10,13,20-21,28H,11-12H2,1-2H3,(H,25,29)/t20-,21+/m1/s1. The highest BCUT2D eigenvalue weighted by Crippen LogP contribution is 2.41. The quantitative estimate of drug-likeness (QED) is 0.601. The Bertz CT molecular complexity index is 1020. The molecule has 150 valence electrons. The van der Waals surface area contributed by atoms with Crippen molar-refractivity contribution in [2.45, 2.75) is 25.9 Å². The molecule has 0 saturated carbocycles. The number of aliphatic hydroxyl groups excluding tert-OH is 1. The molecular weight excluding hydrogens is 404 g/mol. The van der Waals surface area contributed by atoms with Crippen LogP contribution in [-0.2, 0) is 0 Å². The average molecular weight is 427 g/mol. The van der Waals surface area contributed by atoms with Crippen molar-refractivity contribution in [1.82, 2.24) is 19.8 Å². The third-order valence-corrected chi connectivity index (χ3v) is 6.02. The normalized spacial score (nSPS) is 18.9. The third-order valence-electron chi connectivity index (χ3n) is 5.41. The first-order chi connectivity index (χ1) is 14.0. The zero-order valence-corrected chi connectivity index (χ0v) is 17.9. The summed E-state index contributed by atoms with van der Waals surface area (Å²) >= 11 is 11.7. The van der Waals surface area contributed by atoms with Gasteiger partial charge in [-0.05, 0) is 74.1 Å². The third kappa shape index (κ3) is 3.64. The van der Waals surface area contributed by atoms with Gasteiger partial charge in [0.15, 0.2) is 5.11 Å². The molecule has 29 heavy (non-hydrogen) atoms. The number of hydrogen-bond donors (Lipinski definition) is 2. The second kappa shape index (κ2) is 8.14. The number of aryl methyl sites for hydroxylation is 1. The van der Waals surface area contributed by atoms with E-state index in [4.69, 9.17) is 23.8 Å². The lowest BCUT2D eigenvalue weighted by Crippen LogP contribution is -2.32. The van der Waals surface area contributed by atoms with Crippen LogP contribution in [0.2, 0.25) is 5.02 Å². The van der Waals surface area contributed by atoms with E-state index in [1.807, 2.05) is 42.5 Å². The van der Waals surface area contributed by atoms with E-state index in [2.05, 4.69) is 39.7 Å². The van der Waals surface area contributed by atoms with E-state index in [1.165, 1.54) is 0 Å².